The first-order valence-electron chi connectivity index (χ1n) is 8.18. The molecular formula is C18H20FNO3. The Morgan fingerprint density at radius 1 is 1.26 bits per heavy atom. The summed E-state index contributed by atoms with van der Waals surface area (Å²) in [5.74, 6) is -1.46. The molecule has 1 N–H and O–H groups in total. The fourth-order valence-corrected chi connectivity index (χ4v) is 3.95. The van der Waals surface area contributed by atoms with Crippen molar-refractivity contribution in [2.24, 2.45) is 5.41 Å². The molecule has 5 heteroatoms. The summed E-state index contributed by atoms with van der Waals surface area (Å²) in [6.07, 6.45) is 5.52. The van der Waals surface area contributed by atoms with Gasteiger partial charge in [-0.05, 0) is 68.6 Å². The van der Waals surface area contributed by atoms with E-state index < -0.39 is 5.82 Å². The number of nitrogens with zero attached hydrogens (tertiary/aromatic N) is 1. The SMILES string of the molecule is O=C(OCC12CCN(CC1)CC2)C1=CCc2cc(O)c(F)cc21. The Bertz CT molecular complexity index is 676. The van der Waals surface area contributed by atoms with Gasteiger partial charge in [0.1, 0.15) is 0 Å². The number of hydrogen-bond acceptors (Lipinski definition) is 4. The first kappa shape index (κ1) is 14.7. The average Bonchev–Trinajstić information content (AvgIpc) is 2.98. The molecule has 0 saturated carbocycles. The van der Waals surface area contributed by atoms with Crippen LogP contribution in [0.25, 0.3) is 5.57 Å². The Morgan fingerprint density at radius 3 is 2.65 bits per heavy atom. The molecule has 1 aromatic carbocycles. The average molecular weight is 317 g/mol. The van der Waals surface area contributed by atoms with Crippen LogP contribution in [0.15, 0.2) is 18.2 Å². The van der Waals surface area contributed by atoms with Crippen molar-refractivity contribution in [2.75, 3.05) is 26.2 Å². The zero-order valence-electron chi connectivity index (χ0n) is 13.0. The highest BCUT2D eigenvalue weighted by Gasteiger charge is 2.40. The van der Waals surface area contributed by atoms with Gasteiger partial charge in [0.25, 0.3) is 0 Å². The molecular weight excluding hydrogens is 297 g/mol. The Labute approximate surface area is 134 Å². The molecule has 2 bridgehead atoms. The van der Waals surface area contributed by atoms with Crippen LogP contribution in [0.2, 0.25) is 0 Å². The third kappa shape index (κ3) is 2.53. The number of carbonyl (C=O) groups is 1. The lowest BCUT2D eigenvalue weighted by molar-refractivity contribution is -0.143. The minimum atomic E-state index is -0.706. The summed E-state index contributed by atoms with van der Waals surface area (Å²) in [5, 5.41) is 9.43. The van der Waals surface area contributed by atoms with Gasteiger partial charge in [-0.15, -0.1) is 0 Å². The van der Waals surface area contributed by atoms with Crippen molar-refractivity contribution in [3.05, 3.63) is 35.2 Å². The second-order valence-electron chi connectivity index (χ2n) is 6.95. The largest absolute Gasteiger partial charge is 0.505 e. The molecule has 3 heterocycles. The zero-order chi connectivity index (χ0) is 16.0. The van der Waals surface area contributed by atoms with Gasteiger partial charge in [-0.2, -0.15) is 0 Å². The van der Waals surface area contributed by atoms with E-state index in [1.54, 1.807) is 6.08 Å². The van der Waals surface area contributed by atoms with E-state index in [0.717, 1.165) is 44.5 Å². The molecule has 0 atom stereocenters. The minimum Gasteiger partial charge on any atom is -0.505 e. The standard InChI is InChI=1S/C18H20FNO3/c19-15-10-14-12(9-16(15)21)1-2-13(14)17(22)23-11-18-3-6-20(7-4-18)8-5-18/h2,9-10,21H,1,3-8,11H2. The highest BCUT2D eigenvalue weighted by molar-refractivity contribution is 6.18. The summed E-state index contributed by atoms with van der Waals surface area (Å²) in [5.41, 5.74) is 1.86. The lowest BCUT2D eigenvalue weighted by Crippen LogP contribution is -2.50. The summed E-state index contributed by atoms with van der Waals surface area (Å²) in [4.78, 5) is 14.9. The summed E-state index contributed by atoms with van der Waals surface area (Å²) in [6, 6.07) is 2.61. The van der Waals surface area contributed by atoms with Crippen LogP contribution in [-0.2, 0) is 16.0 Å². The number of fused-ring (bicyclic) bond motifs is 4. The molecule has 1 aliphatic carbocycles. The van der Waals surface area contributed by atoms with Crippen LogP contribution in [0.3, 0.4) is 0 Å². The van der Waals surface area contributed by atoms with E-state index in [1.807, 2.05) is 0 Å². The predicted molar refractivity (Wildman–Crippen MR) is 83.4 cm³/mol. The number of benzene rings is 1. The zero-order valence-corrected chi connectivity index (χ0v) is 13.0. The van der Waals surface area contributed by atoms with Gasteiger partial charge in [0.2, 0.25) is 0 Å². The molecule has 0 aromatic heterocycles. The number of rotatable bonds is 3. The highest BCUT2D eigenvalue weighted by atomic mass is 19.1. The molecule has 23 heavy (non-hydrogen) atoms. The van der Waals surface area contributed by atoms with E-state index in [4.69, 9.17) is 4.74 Å². The van der Waals surface area contributed by atoms with Crippen LogP contribution >= 0.6 is 0 Å². The van der Waals surface area contributed by atoms with E-state index in [1.165, 1.54) is 12.1 Å². The number of phenolic OH excluding ortho intramolecular Hbond substituents is 1. The van der Waals surface area contributed by atoms with Crippen LogP contribution in [0, 0.1) is 11.2 Å². The topological polar surface area (TPSA) is 49.8 Å². The summed E-state index contributed by atoms with van der Waals surface area (Å²) >= 11 is 0. The second kappa shape index (κ2) is 5.34. The number of ether oxygens (including phenoxy) is 1. The maximum Gasteiger partial charge on any atom is 0.338 e. The molecule has 1 aromatic rings. The van der Waals surface area contributed by atoms with Gasteiger partial charge in [0.15, 0.2) is 11.6 Å². The molecule has 3 fully saturated rings. The molecule has 4 aliphatic rings. The van der Waals surface area contributed by atoms with Crippen molar-refractivity contribution >= 4 is 11.5 Å². The lowest BCUT2D eigenvalue weighted by atomic mass is 9.73. The molecule has 0 spiro atoms. The Hall–Kier alpha value is -1.88. The van der Waals surface area contributed by atoms with Gasteiger partial charge in [0, 0.05) is 5.41 Å². The van der Waals surface area contributed by atoms with Crippen LogP contribution in [0.4, 0.5) is 4.39 Å². The van der Waals surface area contributed by atoms with Crippen molar-refractivity contribution in [3.8, 4) is 5.75 Å². The first-order valence-corrected chi connectivity index (χ1v) is 8.18. The summed E-state index contributed by atoms with van der Waals surface area (Å²) < 4.78 is 19.2. The van der Waals surface area contributed by atoms with Gasteiger partial charge < -0.3 is 14.7 Å². The van der Waals surface area contributed by atoms with Gasteiger partial charge >= 0.3 is 5.97 Å². The van der Waals surface area contributed by atoms with E-state index in [-0.39, 0.29) is 17.1 Å². The molecule has 0 radical (unpaired) electrons. The molecule has 3 aliphatic heterocycles. The van der Waals surface area contributed by atoms with E-state index in [0.29, 0.717) is 24.2 Å². The van der Waals surface area contributed by atoms with Gasteiger partial charge in [-0.25, -0.2) is 9.18 Å². The van der Waals surface area contributed by atoms with Crippen molar-refractivity contribution < 1.29 is 19.0 Å². The van der Waals surface area contributed by atoms with E-state index >= 15 is 0 Å². The number of allylic oxidation sites excluding steroid dienone is 1. The molecule has 3 saturated heterocycles. The maximum absolute atomic E-state index is 13.6. The highest BCUT2D eigenvalue weighted by Crippen LogP contribution is 2.41. The van der Waals surface area contributed by atoms with Crippen molar-refractivity contribution in [1.82, 2.24) is 4.90 Å². The predicted octanol–water partition coefficient (Wildman–Crippen LogP) is 2.50. The van der Waals surface area contributed by atoms with Gasteiger partial charge in [-0.1, -0.05) is 6.08 Å². The van der Waals surface area contributed by atoms with E-state index in [2.05, 4.69) is 4.90 Å². The van der Waals surface area contributed by atoms with Crippen molar-refractivity contribution in [3.63, 3.8) is 0 Å². The van der Waals surface area contributed by atoms with Gasteiger partial charge in [-0.3, -0.25) is 0 Å². The number of halogens is 1. The number of aromatic hydroxyl groups is 1. The van der Waals surface area contributed by atoms with Crippen LogP contribution < -0.4 is 0 Å². The van der Waals surface area contributed by atoms with Crippen molar-refractivity contribution in [2.45, 2.75) is 25.7 Å². The Morgan fingerprint density at radius 2 is 1.96 bits per heavy atom. The minimum absolute atomic E-state index is 0.132. The molecule has 0 amide bonds. The normalized spacial score (nSPS) is 28.4. The number of piperidine rings is 3. The van der Waals surface area contributed by atoms with Crippen LogP contribution in [0.5, 0.6) is 5.75 Å². The first-order chi connectivity index (χ1) is 11.1. The third-order valence-electron chi connectivity index (χ3n) is 5.59. The smallest absolute Gasteiger partial charge is 0.338 e. The van der Waals surface area contributed by atoms with Crippen molar-refractivity contribution in [1.29, 1.82) is 0 Å². The molecule has 122 valence electrons. The number of esters is 1. The third-order valence-corrected chi connectivity index (χ3v) is 5.59. The Kier molecular flexibility index (Phi) is 3.41. The van der Waals surface area contributed by atoms with Gasteiger partial charge in [0.05, 0.1) is 12.2 Å². The van der Waals surface area contributed by atoms with Crippen LogP contribution in [-0.4, -0.2) is 42.2 Å². The fourth-order valence-electron chi connectivity index (χ4n) is 3.95. The molecule has 5 rings (SSSR count). The monoisotopic (exact) mass is 317 g/mol. The van der Waals surface area contributed by atoms with Crippen LogP contribution in [0.1, 0.15) is 30.4 Å². The number of carbonyl (C=O) groups excluding carboxylic acids is 1. The number of hydrogen-bond donors (Lipinski definition) is 1. The number of phenols is 1. The Balaban J connectivity index is 1.46. The molecule has 4 nitrogen and oxygen atoms in total. The van der Waals surface area contributed by atoms with E-state index in [9.17, 15) is 14.3 Å². The lowest BCUT2D eigenvalue weighted by Gasteiger charge is -2.47. The summed E-state index contributed by atoms with van der Waals surface area (Å²) in [7, 11) is 0. The quantitative estimate of drug-likeness (QED) is 0.870. The maximum atomic E-state index is 13.6. The second-order valence-corrected chi connectivity index (χ2v) is 6.95. The fraction of sp³-hybridized carbons (Fsp3) is 0.500. The summed E-state index contributed by atoms with van der Waals surface area (Å²) in [6.45, 7) is 3.72. The molecule has 0 unspecified atom stereocenters.